The summed E-state index contributed by atoms with van der Waals surface area (Å²) in [7, 11) is 1.91. The third-order valence-electron chi connectivity index (χ3n) is 3.69. The molecule has 3 rings (SSSR count). The first-order chi connectivity index (χ1) is 9.13. The summed E-state index contributed by atoms with van der Waals surface area (Å²) in [4.78, 5) is 15.8. The van der Waals surface area contributed by atoms with Crippen molar-refractivity contribution in [1.29, 1.82) is 0 Å². The van der Waals surface area contributed by atoms with Crippen LogP contribution in [0.3, 0.4) is 0 Å². The highest BCUT2D eigenvalue weighted by atomic mass is 79.9. The number of thiophene rings is 1. The number of fused-ring (bicyclic) bond motifs is 1. The Bertz CT molecular complexity index is 570. The third kappa shape index (κ3) is 2.70. The Balaban J connectivity index is 1.71. The van der Waals surface area contributed by atoms with Gasteiger partial charge in [0.15, 0.2) is 0 Å². The molecule has 1 aromatic heterocycles. The molecule has 2 nitrogen and oxygen atoms in total. The molecule has 1 amide bonds. The monoisotopic (exact) mass is 337 g/mol. The average molecular weight is 338 g/mol. The SMILES string of the molecule is CN(CC1CC(Br)C1)C(=O)c1cc2ccccc2s1. The Hall–Kier alpha value is -0.870. The van der Waals surface area contributed by atoms with E-state index in [2.05, 4.69) is 28.1 Å². The second-order valence-electron chi connectivity index (χ2n) is 5.27. The minimum absolute atomic E-state index is 0.152. The fourth-order valence-electron chi connectivity index (χ4n) is 2.55. The first kappa shape index (κ1) is 13.1. The smallest absolute Gasteiger partial charge is 0.263 e. The Kier molecular flexibility index (Phi) is 3.63. The summed E-state index contributed by atoms with van der Waals surface area (Å²) in [5.74, 6) is 0.812. The summed E-state index contributed by atoms with van der Waals surface area (Å²) in [6.45, 7) is 0.870. The average Bonchev–Trinajstić information content (AvgIpc) is 2.79. The molecule has 1 heterocycles. The lowest BCUT2D eigenvalue weighted by molar-refractivity contribution is 0.0753. The topological polar surface area (TPSA) is 20.3 Å². The van der Waals surface area contributed by atoms with Gasteiger partial charge in [-0.2, -0.15) is 0 Å². The third-order valence-corrected chi connectivity index (χ3v) is 5.54. The van der Waals surface area contributed by atoms with E-state index in [9.17, 15) is 4.79 Å². The number of amides is 1. The predicted octanol–water partition coefficient (Wildman–Crippen LogP) is 4.15. The van der Waals surface area contributed by atoms with Gasteiger partial charge in [0.05, 0.1) is 4.88 Å². The number of halogens is 1. The molecular weight excluding hydrogens is 322 g/mol. The van der Waals surface area contributed by atoms with E-state index in [0.29, 0.717) is 10.7 Å². The molecule has 1 aliphatic rings. The van der Waals surface area contributed by atoms with Gasteiger partial charge >= 0.3 is 0 Å². The zero-order valence-corrected chi connectivity index (χ0v) is 13.2. The van der Waals surface area contributed by atoms with E-state index in [1.165, 1.54) is 17.5 Å². The normalized spacial score (nSPS) is 22.2. The highest BCUT2D eigenvalue weighted by Gasteiger charge is 2.29. The van der Waals surface area contributed by atoms with Crippen LogP contribution < -0.4 is 0 Å². The highest BCUT2D eigenvalue weighted by molar-refractivity contribution is 9.09. The van der Waals surface area contributed by atoms with Crippen LogP contribution in [0.2, 0.25) is 0 Å². The number of alkyl halides is 1. The first-order valence-corrected chi connectivity index (χ1v) is 8.25. The predicted molar refractivity (Wildman–Crippen MR) is 84.2 cm³/mol. The summed E-state index contributed by atoms with van der Waals surface area (Å²) < 4.78 is 1.18. The van der Waals surface area contributed by atoms with Crippen molar-refractivity contribution in [2.45, 2.75) is 17.7 Å². The van der Waals surface area contributed by atoms with Crippen molar-refractivity contribution in [2.75, 3.05) is 13.6 Å². The van der Waals surface area contributed by atoms with E-state index in [1.54, 1.807) is 11.3 Å². The molecule has 0 saturated heterocycles. The van der Waals surface area contributed by atoms with Gasteiger partial charge in [0.2, 0.25) is 0 Å². The van der Waals surface area contributed by atoms with Crippen molar-refractivity contribution in [3.63, 3.8) is 0 Å². The van der Waals surface area contributed by atoms with Crippen LogP contribution in [-0.2, 0) is 0 Å². The maximum absolute atomic E-state index is 12.4. The molecule has 1 aromatic carbocycles. The van der Waals surface area contributed by atoms with Crippen LogP contribution in [0.5, 0.6) is 0 Å². The van der Waals surface area contributed by atoms with Gasteiger partial charge in [-0.1, -0.05) is 34.1 Å². The van der Waals surface area contributed by atoms with Crippen LogP contribution >= 0.6 is 27.3 Å². The van der Waals surface area contributed by atoms with Crippen molar-refractivity contribution < 1.29 is 4.79 Å². The van der Waals surface area contributed by atoms with E-state index >= 15 is 0 Å². The van der Waals surface area contributed by atoms with Crippen LogP contribution in [-0.4, -0.2) is 29.2 Å². The summed E-state index contributed by atoms with van der Waals surface area (Å²) in [6, 6.07) is 10.2. The minimum atomic E-state index is 0.152. The van der Waals surface area contributed by atoms with E-state index in [0.717, 1.165) is 16.8 Å². The Morgan fingerprint density at radius 2 is 2.16 bits per heavy atom. The highest BCUT2D eigenvalue weighted by Crippen LogP contribution is 2.34. The summed E-state index contributed by atoms with van der Waals surface area (Å²) in [5.41, 5.74) is 0. The van der Waals surface area contributed by atoms with Gasteiger partial charge in [0.25, 0.3) is 5.91 Å². The molecule has 100 valence electrons. The van der Waals surface area contributed by atoms with Gasteiger partial charge in [0, 0.05) is 23.1 Å². The van der Waals surface area contributed by atoms with Crippen LogP contribution in [0.4, 0.5) is 0 Å². The lowest BCUT2D eigenvalue weighted by Crippen LogP contribution is -2.37. The number of nitrogens with zero attached hydrogens (tertiary/aromatic N) is 1. The number of carbonyl (C=O) groups is 1. The molecule has 0 radical (unpaired) electrons. The second-order valence-corrected chi connectivity index (χ2v) is 7.65. The molecule has 0 unspecified atom stereocenters. The van der Waals surface area contributed by atoms with E-state index < -0.39 is 0 Å². The van der Waals surface area contributed by atoms with Gasteiger partial charge in [-0.05, 0) is 36.3 Å². The molecule has 2 aromatic rings. The summed E-state index contributed by atoms with van der Waals surface area (Å²) in [5, 5.41) is 1.16. The molecular formula is C15H16BrNOS. The number of carbonyl (C=O) groups excluding carboxylic acids is 1. The van der Waals surface area contributed by atoms with Gasteiger partial charge in [-0.15, -0.1) is 11.3 Å². The molecule has 1 saturated carbocycles. The van der Waals surface area contributed by atoms with Gasteiger partial charge in [-0.25, -0.2) is 0 Å². The van der Waals surface area contributed by atoms with Crippen molar-refractivity contribution in [1.82, 2.24) is 4.90 Å². The maximum atomic E-state index is 12.4. The van der Waals surface area contributed by atoms with Crippen LogP contribution in [0.1, 0.15) is 22.5 Å². The van der Waals surface area contributed by atoms with E-state index in [1.807, 2.05) is 30.1 Å². The quantitative estimate of drug-likeness (QED) is 0.770. The first-order valence-electron chi connectivity index (χ1n) is 6.51. The largest absolute Gasteiger partial charge is 0.341 e. The van der Waals surface area contributed by atoms with Gasteiger partial charge in [0.1, 0.15) is 0 Å². The standard InChI is InChI=1S/C15H16BrNOS/c1-17(9-10-6-12(16)7-10)15(18)14-8-11-4-2-3-5-13(11)19-14/h2-5,8,10,12H,6-7,9H2,1H3. The molecule has 19 heavy (non-hydrogen) atoms. The van der Waals surface area contributed by atoms with Crippen molar-refractivity contribution in [2.24, 2.45) is 5.92 Å². The van der Waals surface area contributed by atoms with Crippen LogP contribution in [0.25, 0.3) is 10.1 Å². The van der Waals surface area contributed by atoms with Crippen molar-refractivity contribution in [3.05, 3.63) is 35.2 Å². The molecule has 0 atom stereocenters. The lowest BCUT2D eigenvalue weighted by atomic mass is 9.85. The van der Waals surface area contributed by atoms with E-state index in [4.69, 9.17) is 0 Å². The molecule has 4 heteroatoms. The van der Waals surface area contributed by atoms with Crippen LogP contribution in [0, 0.1) is 5.92 Å². The molecule has 1 fully saturated rings. The fraction of sp³-hybridized carbons (Fsp3) is 0.400. The molecule has 0 aliphatic heterocycles. The van der Waals surface area contributed by atoms with Gasteiger partial charge in [-0.3, -0.25) is 4.79 Å². The zero-order chi connectivity index (χ0) is 13.4. The van der Waals surface area contributed by atoms with Crippen molar-refractivity contribution >= 4 is 43.3 Å². The van der Waals surface area contributed by atoms with Crippen LogP contribution in [0.15, 0.2) is 30.3 Å². The Morgan fingerprint density at radius 1 is 1.42 bits per heavy atom. The molecule has 0 spiro atoms. The number of benzene rings is 1. The maximum Gasteiger partial charge on any atom is 0.263 e. The van der Waals surface area contributed by atoms with Crippen molar-refractivity contribution in [3.8, 4) is 0 Å². The second kappa shape index (κ2) is 5.25. The summed E-state index contributed by atoms with van der Waals surface area (Å²) in [6.07, 6.45) is 2.37. The molecule has 0 N–H and O–H groups in total. The van der Waals surface area contributed by atoms with E-state index in [-0.39, 0.29) is 5.91 Å². The number of rotatable bonds is 3. The molecule has 1 aliphatic carbocycles. The number of hydrogen-bond acceptors (Lipinski definition) is 2. The summed E-state index contributed by atoms with van der Waals surface area (Å²) >= 11 is 5.18. The zero-order valence-electron chi connectivity index (χ0n) is 10.8. The minimum Gasteiger partial charge on any atom is -0.341 e. The number of hydrogen-bond donors (Lipinski definition) is 0. The fourth-order valence-corrected chi connectivity index (χ4v) is 4.66. The molecule has 0 bridgehead atoms. The lowest BCUT2D eigenvalue weighted by Gasteiger charge is -2.34. The Morgan fingerprint density at radius 3 is 2.84 bits per heavy atom. The van der Waals surface area contributed by atoms with Gasteiger partial charge < -0.3 is 4.90 Å². The Labute approximate surface area is 125 Å².